The van der Waals surface area contributed by atoms with Gasteiger partial charge in [-0.05, 0) is 36.6 Å². The third-order valence-corrected chi connectivity index (χ3v) is 7.12. The first-order valence-electron chi connectivity index (χ1n) is 13.0. The van der Waals surface area contributed by atoms with Crippen LogP contribution in [0.2, 0.25) is 0 Å². The highest BCUT2D eigenvalue weighted by Gasteiger charge is 2.23. The van der Waals surface area contributed by atoms with Gasteiger partial charge in [-0.1, -0.05) is 48.5 Å². The molecule has 2 aromatic carbocycles. The van der Waals surface area contributed by atoms with Crippen molar-refractivity contribution in [3.8, 4) is 11.3 Å². The van der Waals surface area contributed by atoms with E-state index < -0.39 is 12.1 Å². The van der Waals surface area contributed by atoms with Crippen LogP contribution in [0.15, 0.2) is 72.9 Å². The van der Waals surface area contributed by atoms with Crippen LogP contribution in [0, 0.1) is 0 Å². The van der Waals surface area contributed by atoms with Crippen LogP contribution in [0.3, 0.4) is 0 Å². The smallest absolute Gasteiger partial charge is 0.339 e. The van der Waals surface area contributed by atoms with Crippen LogP contribution in [-0.2, 0) is 27.1 Å². The van der Waals surface area contributed by atoms with Crippen molar-refractivity contribution in [2.45, 2.75) is 18.9 Å². The van der Waals surface area contributed by atoms with E-state index in [1.807, 2.05) is 40.9 Å². The number of fused-ring (bicyclic) bond motifs is 2. The summed E-state index contributed by atoms with van der Waals surface area (Å²) < 4.78 is 12.1. The number of aliphatic hydroxyl groups excluding tert-OH is 1. The van der Waals surface area contributed by atoms with Crippen molar-refractivity contribution in [2.24, 2.45) is 0 Å². The van der Waals surface area contributed by atoms with E-state index in [9.17, 15) is 9.90 Å². The minimum absolute atomic E-state index is 0.461. The Morgan fingerprint density at radius 1 is 1.00 bits per heavy atom. The normalized spacial score (nSPS) is 14.6. The number of aromatic nitrogens is 4. The Labute approximate surface area is 225 Å². The quantitative estimate of drug-likeness (QED) is 0.322. The molecule has 1 atom stereocenters. The number of anilines is 1. The molecule has 9 heteroatoms. The van der Waals surface area contributed by atoms with Crippen LogP contribution in [-0.4, -0.2) is 64.1 Å². The summed E-state index contributed by atoms with van der Waals surface area (Å²) in [5.74, 6) is -0.696. The van der Waals surface area contributed by atoms with Gasteiger partial charge >= 0.3 is 5.97 Å². The highest BCUT2D eigenvalue weighted by atomic mass is 16.5. The predicted octanol–water partition coefficient (Wildman–Crippen LogP) is 3.77. The summed E-state index contributed by atoms with van der Waals surface area (Å²) in [5, 5.41) is 16.1. The Hall–Kier alpha value is -4.34. The molecule has 0 spiro atoms. The standard InChI is InChI=1S/C30H29N5O4/c1-38-30(37)28(36)22-8-6-21(7-9-22)27-25(13-12-23-11-10-20-4-2-3-5-24(20)32-23)33-29-26(14-15-31-35(27)29)34-16-18-39-19-17-34/h2-11,14-15,28,36H,12-13,16-19H2,1H3. The number of benzene rings is 2. The molecule has 6 rings (SSSR count). The zero-order valence-corrected chi connectivity index (χ0v) is 21.7. The maximum atomic E-state index is 11.8. The second kappa shape index (κ2) is 10.8. The topological polar surface area (TPSA) is 102 Å². The molecule has 0 radical (unpaired) electrons. The maximum Gasteiger partial charge on any atom is 0.339 e. The molecule has 1 unspecified atom stereocenters. The van der Waals surface area contributed by atoms with Gasteiger partial charge in [0.05, 0.1) is 49.1 Å². The number of morpholine rings is 1. The monoisotopic (exact) mass is 523 g/mol. The Morgan fingerprint density at radius 2 is 1.79 bits per heavy atom. The summed E-state index contributed by atoms with van der Waals surface area (Å²) in [6.45, 7) is 2.93. The molecule has 1 N–H and O–H groups in total. The SMILES string of the molecule is COC(=O)C(O)c1ccc(-c2c(CCc3ccc4ccccc4n3)nc3c(N4CCOCC4)ccnn23)cc1. The largest absolute Gasteiger partial charge is 0.467 e. The number of hydrogen-bond acceptors (Lipinski definition) is 8. The molecule has 0 saturated carbocycles. The highest BCUT2D eigenvalue weighted by molar-refractivity contribution is 5.79. The number of carbonyl (C=O) groups is 1. The molecular formula is C30H29N5O4. The molecule has 5 aromatic rings. The number of nitrogens with zero attached hydrogens (tertiary/aromatic N) is 5. The van der Waals surface area contributed by atoms with E-state index in [1.165, 1.54) is 7.11 Å². The lowest BCUT2D eigenvalue weighted by Crippen LogP contribution is -2.36. The molecule has 1 fully saturated rings. The Bertz CT molecular complexity index is 1630. The number of para-hydroxylation sites is 1. The minimum atomic E-state index is -1.34. The number of rotatable bonds is 7. The first kappa shape index (κ1) is 25.0. The van der Waals surface area contributed by atoms with E-state index >= 15 is 0 Å². The van der Waals surface area contributed by atoms with Gasteiger partial charge in [0.2, 0.25) is 0 Å². The zero-order valence-electron chi connectivity index (χ0n) is 21.7. The lowest BCUT2D eigenvalue weighted by Gasteiger charge is -2.28. The van der Waals surface area contributed by atoms with Crippen LogP contribution < -0.4 is 4.90 Å². The van der Waals surface area contributed by atoms with Crippen LogP contribution >= 0.6 is 0 Å². The van der Waals surface area contributed by atoms with Gasteiger partial charge in [-0.25, -0.2) is 14.3 Å². The number of imidazole rings is 1. The Kier molecular flexibility index (Phi) is 6.91. The summed E-state index contributed by atoms with van der Waals surface area (Å²) in [6, 6.07) is 21.5. The number of carbonyl (C=O) groups excluding carboxylic acids is 1. The van der Waals surface area contributed by atoms with Gasteiger partial charge in [-0.3, -0.25) is 4.98 Å². The van der Waals surface area contributed by atoms with Gasteiger partial charge in [0, 0.05) is 29.7 Å². The summed E-state index contributed by atoms with van der Waals surface area (Å²) in [7, 11) is 1.26. The van der Waals surface area contributed by atoms with Crippen LogP contribution in [0.4, 0.5) is 5.69 Å². The summed E-state index contributed by atoms with van der Waals surface area (Å²) in [6.07, 6.45) is 1.84. The summed E-state index contributed by atoms with van der Waals surface area (Å²) >= 11 is 0. The van der Waals surface area contributed by atoms with E-state index in [2.05, 4.69) is 32.9 Å². The van der Waals surface area contributed by atoms with Crippen molar-refractivity contribution >= 4 is 28.2 Å². The average Bonchev–Trinajstić information content (AvgIpc) is 3.38. The van der Waals surface area contributed by atoms with Gasteiger partial charge in [0.25, 0.3) is 0 Å². The van der Waals surface area contributed by atoms with Gasteiger partial charge < -0.3 is 19.5 Å². The zero-order chi connectivity index (χ0) is 26.8. The average molecular weight is 524 g/mol. The Balaban J connectivity index is 1.40. The lowest BCUT2D eigenvalue weighted by molar-refractivity contribution is -0.150. The van der Waals surface area contributed by atoms with Gasteiger partial charge in [-0.2, -0.15) is 5.10 Å². The molecule has 198 valence electrons. The second-order valence-electron chi connectivity index (χ2n) is 9.50. The molecule has 3 aromatic heterocycles. The number of ether oxygens (including phenoxy) is 2. The molecular weight excluding hydrogens is 494 g/mol. The van der Waals surface area contributed by atoms with E-state index in [1.54, 1.807) is 18.3 Å². The maximum absolute atomic E-state index is 11.8. The van der Waals surface area contributed by atoms with Crippen molar-refractivity contribution in [1.29, 1.82) is 0 Å². The first-order chi connectivity index (χ1) is 19.1. The first-order valence-corrected chi connectivity index (χ1v) is 13.0. The molecule has 1 saturated heterocycles. The molecule has 0 amide bonds. The second-order valence-corrected chi connectivity index (χ2v) is 9.50. The van der Waals surface area contributed by atoms with E-state index in [4.69, 9.17) is 14.7 Å². The molecule has 9 nitrogen and oxygen atoms in total. The summed E-state index contributed by atoms with van der Waals surface area (Å²) in [4.78, 5) is 24.1. The number of hydrogen-bond donors (Lipinski definition) is 1. The van der Waals surface area contributed by atoms with Crippen molar-refractivity contribution < 1.29 is 19.4 Å². The number of methoxy groups -OCH3 is 1. The number of pyridine rings is 1. The molecule has 39 heavy (non-hydrogen) atoms. The van der Waals surface area contributed by atoms with Crippen molar-refractivity contribution in [3.63, 3.8) is 0 Å². The molecule has 1 aliphatic heterocycles. The fourth-order valence-corrected chi connectivity index (χ4v) is 5.06. The van der Waals surface area contributed by atoms with Crippen molar-refractivity contribution in [2.75, 3.05) is 38.3 Å². The number of aryl methyl sites for hydroxylation is 2. The molecule has 0 aliphatic carbocycles. The summed E-state index contributed by atoms with van der Waals surface area (Å²) in [5.41, 5.74) is 6.90. The fraction of sp³-hybridized carbons (Fsp3) is 0.267. The fourth-order valence-electron chi connectivity index (χ4n) is 5.06. The van der Waals surface area contributed by atoms with E-state index in [0.29, 0.717) is 31.6 Å². The number of aliphatic hydroxyl groups is 1. The third kappa shape index (κ3) is 4.94. The number of esters is 1. The van der Waals surface area contributed by atoms with Gasteiger partial charge in [0.15, 0.2) is 11.8 Å². The minimum Gasteiger partial charge on any atom is -0.467 e. The molecule has 0 bridgehead atoms. The molecule has 4 heterocycles. The lowest BCUT2D eigenvalue weighted by atomic mass is 10.0. The predicted molar refractivity (Wildman–Crippen MR) is 148 cm³/mol. The van der Waals surface area contributed by atoms with Crippen molar-refractivity contribution in [1.82, 2.24) is 19.6 Å². The van der Waals surface area contributed by atoms with Crippen LogP contribution in [0.5, 0.6) is 0 Å². The Morgan fingerprint density at radius 3 is 2.59 bits per heavy atom. The van der Waals surface area contributed by atoms with Crippen molar-refractivity contribution in [3.05, 3.63) is 89.9 Å². The highest BCUT2D eigenvalue weighted by Crippen LogP contribution is 2.31. The third-order valence-electron chi connectivity index (χ3n) is 7.12. The van der Waals surface area contributed by atoms with Crippen LogP contribution in [0.1, 0.15) is 23.1 Å². The molecule has 1 aliphatic rings. The van der Waals surface area contributed by atoms with Gasteiger partial charge in [0.1, 0.15) is 0 Å². The van der Waals surface area contributed by atoms with Gasteiger partial charge in [-0.15, -0.1) is 0 Å². The van der Waals surface area contributed by atoms with E-state index in [-0.39, 0.29) is 0 Å². The van der Waals surface area contributed by atoms with Crippen LogP contribution in [0.25, 0.3) is 27.8 Å². The van der Waals surface area contributed by atoms with E-state index in [0.717, 1.165) is 58.0 Å².